The van der Waals surface area contributed by atoms with Crippen molar-refractivity contribution in [3.05, 3.63) is 62.2 Å². The van der Waals surface area contributed by atoms with E-state index < -0.39 is 17.5 Å². The average Bonchev–Trinajstić information content (AvgIpc) is 2.33. The van der Waals surface area contributed by atoms with Crippen molar-refractivity contribution in [2.75, 3.05) is 5.32 Å². The van der Waals surface area contributed by atoms with Gasteiger partial charge in [-0.2, -0.15) is 0 Å². The fourth-order valence-corrected chi connectivity index (χ4v) is 2.34. The molecule has 2 aromatic rings. The number of carbonyl (C=O) groups excluding carboxylic acids is 1. The third-order valence-corrected chi connectivity index (χ3v) is 3.57. The minimum Gasteiger partial charge on any atom is -0.321 e. The first kappa shape index (κ1) is 14.2. The van der Waals surface area contributed by atoms with Crippen LogP contribution in [-0.2, 0) is 0 Å². The molecule has 0 spiro atoms. The predicted molar refractivity (Wildman–Crippen MR) is 78.5 cm³/mol. The van der Waals surface area contributed by atoms with Gasteiger partial charge in [-0.3, -0.25) is 4.79 Å². The van der Waals surface area contributed by atoms with Crippen molar-refractivity contribution in [1.29, 1.82) is 0 Å². The van der Waals surface area contributed by atoms with Gasteiger partial charge in [0.2, 0.25) is 0 Å². The molecule has 2 rings (SSSR count). The molecule has 19 heavy (non-hydrogen) atoms. The van der Waals surface area contributed by atoms with E-state index in [0.717, 1.165) is 6.07 Å². The van der Waals surface area contributed by atoms with Crippen LogP contribution in [0.15, 0.2) is 36.4 Å². The summed E-state index contributed by atoms with van der Waals surface area (Å²) in [5, 5.41) is 2.72. The molecule has 98 valence electrons. The number of benzene rings is 2. The normalized spacial score (nSPS) is 10.3. The molecule has 0 heterocycles. The van der Waals surface area contributed by atoms with Gasteiger partial charge in [0.1, 0.15) is 11.6 Å². The number of carbonyl (C=O) groups is 1. The Kier molecular flexibility index (Phi) is 4.36. The largest absolute Gasteiger partial charge is 0.321 e. The lowest BCUT2D eigenvalue weighted by Crippen LogP contribution is -2.14. The summed E-state index contributed by atoms with van der Waals surface area (Å²) in [6, 6.07) is 7.45. The highest BCUT2D eigenvalue weighted by Crippen LogP contribution is 2.24. The van der Waals surface area contributed by atoms with Crippen LogP contribution in [0.4, 0.5) is 14.5 Å². The summed E-state index contributed by atoms with van der Waals surface area (Å²) >= 11 is 7.70. The van der Waals surface area contributed by atoms with Gasteiger partial charge >= 0.3 is 0 Å². The number of hydrogen-bond donors (Lipinski definition) is 1. The van der Waals surface area contributed by atoms with Crippen molar-refractivity contribution in [3.8, 4) is 0 Å². The number of halogens is 4. The second-order valence-electron chi connectivity index (χ2n) is 3.70. The summed E-state index contributed by atoms with van der Waals surface area (Å²) in [5.74, 6) is -1.41. The fourth-order valence-electron chi connectivity index (χ4n) is 1.46. The van der Waals surface area contributed by atoms with Gasteiger partial charge < -0.3 is 5.32 Å². The minimum absolute atomic E-state index is 0.173. The number of amides is 1. The first-order valence-electron chi connectivity index (χ1n) is 5.19. The van der Waals surface area contributed by atoms with Gasteiger partial charge in [-0.05, 0) is 59.0 Å². The zero-order valence-electron chi connectivity index (χ0n) is 9.38. The van der Waals surface area contributed by atoms with Crippen LogP contribution >= 0.6 is 34.2 Å². The average molecular weight is 394 g/mol. The first-order valence-corrected chi connectivity index (χ1v) is 6.64. The Morgan fingerprint density at radius 1 is 1.11 bits per heavy atom. The molecule has 0 atom stereocenters. The zero-order valence-corrected chi connectivity index (χ0v) is 12.3. The Morgan fingerprint density at radius 2 is 1.74 bits per heavy atom. The maximum atomic E-state index is 13.1. The molecule has 0 saturated carbocycles. The molecular formula is C13H7ClF2INO. The van der Waals surface area contributed by atoms with Gasteiger partial charge in [-0.15, -0.1) is 0 Å². The van der Waals surface area contributed by atoms with Crippen LogP contribution in [0.3, 0.4) is 0 Å². The van der Waals surface area contributed by atoms with Crippen LogP contribution in [0.5, 0.6) is 0 Å². The summed E-state index contributed by atoms with van der Waals surface area (Å²) < 4.78 is 26.5. The van der Waals surface area contributed by atoms with Crippen LogP contribution in [0.2, 0.25) is 5.02 Å². The third kappa shape index (κ3) is 3.42. The standard InChI is InChI=1S/C13H7ClF2INO/c14-10-4-2-8(16)6-12(10)18-13(19)9-3-1-7(15)5-11(9)17/h1-6H,(H,18,19). The van der Waals surface area contributed by atoms with Crippen molar-refractivity contribution in [2.45, 2.75) is 0 Å². The summed E-state index contributed by atoms with van der Waals surface area (Å²) in [6.45, 7) is 0. The Morgan fingerprint density at radius 3 is 2.42 bits per heavy atom. The first-order chi connectivity index (χ1) is 8.97. The topological polar surface area (TPSA) is 29.1 Å². The van der Waals surface area contributed by atoms with Gasteiger partial charge in [0, 0.05) is 3.57 Å². The molecule has 1 amide bonds. The molecule has 0 bridgehead atoms. The Hall–Kier alpha value is -1.21. The van der Waals surface area contributed by atoms with Crippen LogP contribution in [0.1, 0.15) is 10.4 Å². The van der Waals surface area contributed by atoms with E-state index in [1.807, 2.05) is 22.6 Å². The molecule has 0 aromatic heterocycles. The van der Waals surface area contributed by atoms with Gasteiger partial charge in [0.05, 0.1) is 16.3 Å². The third-order valence-electron chi connectivity index (χ3n) is 2.35. The molecule has 0 radical (unpaired) electrons. The molecule has 0 unspecified atom stereocenters. The molecular weight excluding hydrogens is 387 g/mol. The predicted octanol–water partition coefficient (Wildman–Crippen LogP) is 4.48. The quantitative estimate of drug-likeness (QED) is 0.749. The van der Waals surface area contributed by atoms with E-state index in [9.17, 15) is 13.6 Å². The smallest absolute Gasteiger partial charge is 0.256 e. The van der Waals surface area contributed by atoms with E-state index in [2.05, 4.69) is 5.32 Å². The number of anilines is 1. The highest BCUT2D eigenvalue weighted by Gasteiger charge is 2.13. The highest BCUT2D eigenvalue weighted by molar-refractivity contribution is 14.1. The molecule has 1 N–H and O–H groups in total. The molecule has 0 aliphatic heterocycles. The van der Waals surface area contributed by atoms with Crippen molar-refractivity contribution < 1.29 is 13.6 Å². The van der Waals surface area contributed by atoms with Gasteiger partial charge in [-0.25, -0.2) is 8.78 Å². The molecule has 2 nitrogen and oxygen atoms in total. The lowest BCUT2D eigenvalue weighted by molar-refractivity contribution is 0.102. The molecule has 0 saturated heterocycles. The molecule has 0 fully saturated rings. The van der Waals surface area contributed by atoms with Crippen LogP contribution in [0.25, 0.3) is 0 Å². The minimum atomic E-state index is -0.506. The monoisotopic (exact) mass is 393 g/mol. The van der Waals surface area contributed by atoms with E-state index in [4.69, 9.17) is 11.6 Å². The SMILES string of the molecule is O=C(Nc1cc(F)ccc1Cl)c1ccc(F)cc1I. The van der Waals surface area contributed by atoms with E-state index in [1.54, 1.807) is 0 Å². The van der Waals surface area contributed by atoms with Gasteiger partial charge in [-0.1, -0.05) is 11.6 Å². The van der Waals surface area contributed by atoms with E-state index >= 15 is 0 Å². The Labute approximate surface area is 126 Å². The molecule has 6 heteroatoms. The Balaban J connectivity index is 2.28. The second-order valence-corrected chi connectivity index (χ2v) is 5.27. The lowest BCUT2D eigenvalue weighted by Gasteiger charge is -2.08. The van der Waals surface area contributed by atoms with Crippen LogP contribution in [-0.4, -0.2) is 5.91 Å². The van der Waals surface area contributed by atoms with E-state index in [0.29, 0.717) is 9.13 Å². The van der Waals surface area contributed by atoms with Crippen LogP contribution < -0.4 is 5.32 Å². The Bertz CT molecular complexity index is 649. The molecule has 0 aliphatic rings. The summed E-state index contributed by atoms with van der Waals surface area (Å²) in [5.41, 5.74) is 0.467. The second kappa shape index (κ2) is 5.83. The van der Waals surface area contributed by atoms with Crippen LogP contribution in [0, 0.1) is 15.2 Å². The van der Waals surface area contributed by atoms with Gasteiger partial charge in [0.25, 0.3) is 5.91 Å². The zero-order chi connectivity index (χ0) is 14.0. The van der Waals surface area contributed by atoms with Crippen molar-refractivity contribution >= 4 is 45.8 Å². The maximum Gasteiger partial charge on any atom is 0.256 e. The van der Waals surface area contributed by atoms with Crippen molar-refractivity contribution in [2.24, 2.45) is 0 Å². The van der Waals surface area contributed by atoms with Crippen molar-refractivity contribution in [1.82, 2.24) is 0 Å². The highest BCUT2D eigenvalue weighted by atomic mass is 127. The molecule has 2 aromatic carbocycles. The summed E-state index contributed by atoms with van der Waals surface area (Å²) in [6.07, 6.45) is 0. The number of rotatable bonds is 2. The maximum absolute atomic E-state index is 13.1. The van der Waals surface area contributed by atoms with Crippen molar-refractivity contribution in [3.63, 3.8) is 0 Å². The fraction of sp³-hybridized carbons (Fsp3) is 0. The lowest BCUT2D eigenvalue weighted by atomic mass is 10.2. The summed E-state index contributed by atoms with van der Waals surface area (Å²) in [7, 11) is 0. The molecule has 0 aliphatic carbocycles. The van der Waals surface area contributed by atoms with E-state index in [-0.39, 0.29) is 10.7 Å². The number of nitrogens with one attached hydrogen (secondary N) is 1. The van der Waals surface area contributed by atoms with E-state index in [1.165, 1.54) is 30.3 Å². The van der Waals surface area contributed by atoms with Gasteiger partial charge in [0.15, 0.2) is 0 Å². The summed E-state index contributed by atoms with van der Waals surface area (Å²) in [4.78, 5) is 12.0. The number of hydrogen-bond acceptors (Lipinski definition) is 1.